The summed E-state index contributed by atoms with van der Waals surface area (Å²) in [6.45, 7) is 9.74. The van der Waals surface area contributed by atoms with E-state index in [0.717, 1.165) is 11.1 Å². The van der Waals surface area contributed by atoms with Crippen molar-refractivity contribution in [1.82, 2.24) is 30.0 Å². The number of rotatable bonds is 13. The van der Waals surface area contributed by atoms with Crippen LogP contribution in [0.25, 0.3) is 11.1 Å². The summed E-state index contributed by atoms with van der Waals surface area (Å²) in [5.74, 6) is 1.59. The number of anilines is 3. The summed E-state index contributed by atoms with van der Waals surface area (Å²) < 4.78 is 50.8. The van der Waals surface area contributed by atoms with Crippen molar-refractivity contribution in [3.63, 3.8) is 0 Å². The van der Waals surface area contributed by atoms with Crippen LogP contribution in [0, 0.1) is 0 Å². The van der Waals surface area contributed by atoms with Crippen molar-refractivity contribution in [2.45, 2.75) is 65.3 Å². The van der Waals surface area contributed by atoms with Gasteiger partial charge >= 0.3 is 6.09 Å². The molecule has 0 atom stereocenters. The molecule has 0 fully saturated rings. The molecule has 0 bridgehead atoms. The second-order valence-corrected chi connectivity index (χ2v) is 12.2. The van der Waals surface area contributed by atoms with Gasteiger partial charge in [0, 0.05) is 53.8 Å². The van der Waals surface area contributed by atoms with Gasteiger partial charge in [-0.1, -0.05) is 0 Å². The third-order valence-electron chi connectivity index (χ3n) is 6.58. The molecule has 0 unspecified atom stereocenters. The average Bonchev–Trinajstić information content (AvgIpc) is 3.45. The van der Waals surface area contributed by atoms with Gasteiger partial charge in [0.2, 0.25) is 0 Å². The second kappa shape index (κ2) is 14.5. The zero-order valence-corrected chi connectivity index (χ0v) is 27.6. The molecule has 1 aromatic carbocycles. The lowest BCUT2D eigenvalue weighted by Crippen LogP contribution is -2.48. The van der Waals surface area contributed by atoms with E-state index in [-0.39, 0.29) is 18.2 Å². The molecule has 47 heavy (non-hydrogen) atoms. The maximum absolute atomic E-state index is 13.7. The highest BCUT2D eigenvalue weighted by Crippen LogP contribution is 2.32. The molecule has 4 rings (SSSR count). The van der Waals surface area contributed by atoms with Crippen LogP contribution in [-0.4, -0.2) is 63.3 Å². The molecule has 1 amide bonds. The summed E-state index contributed by atoms with van der Waals surface area (Å²) in [5.41, 5.74) is 0.859. The predicted molar refractivity (Wildman–Crippen MR) is 173 cm³/mol. The van der Waals surface area contributed by atoms with Crippen molar-refractivity contribution in [2.75, 3.05) is 32.0 Å². The first-order valence-electron chi connectivity index (χ1n) is 14.7. The van der Waals surface area contributed by atoms with Crippen LogP contribution in [0.15, 0.2) is 48.9 Å². The molecule has 4 aromatic rings. The van der Waals surface area contributed by atoms with E-state index in [4.69, 9.17) is 18.9 Å². The summed E-state index contributed by atoms with van der Waals surface area (Å²) >= 11 is 0. The summed E-state index contributed by atoms with van der Waals surface area (Å²) in [7, 11) is 4.60. The Balaban J connectivity index is 1.49. The number of benzene rings is 1. The molecule has 0 saturated heterocycles. The van der Waals surface area contributed by atoms with E-state index in [1.54, 1.807) is 69.4 Å². The van der Waals surface area contributed by atoms with E-state index in [9.17, 15) is 13.6 Å². The molecule has 15 heteroatoms. The van der Waals surface area contributed by atoms with Crippen LogP contribution in [0.4, 0.5) is 31.0 Å². The number of alkyl halides is 2. The van der Waals surface area contributed by atoms with Crippen LogP contribution in [0.3, 0.4) is 0 Å². The van der Waals surface area contributed by atoms with Crippen molar-refractivity contribution in [3.05, 3.63) is 60.3 Å². The van der Waals surface area contributed by atoms with Gasteiger partial charge in [0.25, 0.3) is 6.43 Å². The Morgan fingerprint density at radius 3 is 2.30 bits per heavy atom. The standard InChI is InChI=1S/C32H40F2N8O5/c1-31(2,3)47-30(43)41-32(4,5)18-42-17-20(15-37-42)22-16-36-25(12-24(22)46-8)38-27-13-26(39-29(40-27)28(33)34)35-14-19-9-10-21(44-6)11-23(19)45-7/h9-13,15-17,28H,14,18H2,1-8H3,(H,41,43)(H2,35,36,38,39,40). The van der Waals surface area contributed by atoms with Gasteiger partial charge in [-0.25, -0.2) is 28.5 Å². The molecule has 252 valence electrons. The van der Waals surface area contributed by atoms with Gasteiger partial charge in [0.15, 0.2) is 5.82 Å². The molecule has 13 nitrogen and oxygen atoms in total. The van der Waals surface area contributed by atoms with Gasteiger partial charge in [-0.05, 0) is 46.8 Å². The van der Waals surface area contributed by atoms with E-state index < -0.39 is 29.5 Å². The number of carbonyl (C=O) groups is 1. The highest BCUT2D eigenvalue weighted by atomic mass is 19.3. The number of hydrogen-bond donors (Lipinski definition) is 3. The average molecular weight is 655 g/mol. The number of aromatic nitrogens is 5. The molecular weight excluding hydrogens is 614 g/mol. The minimum absolute atomic E-state index is 0.106. The molecule has 0 aliphatic heterocycles. The lowest BCUT2D eigenvalue weighted by Gasteiger charge is -2.28. The summed E-state index contributed by atoms with van der Waals surface area (Å²) in [5, 5.41) is 13.3. The second-order valence-electron chi connectivity index (χ2n) is 12.2. The first-order valence-corrected chi connectivity index (χ1v) is 14.7. The first kappa shape index (κ1) is 34.7. The summed E-state index contributed by atoms with van der Waals surface area (Å²) in [6.07, 6.45) is 1.62. The highest BCUT2D eigenvalue weighted by molar-refractivity contribution is 5.71. The van der Waals surface area contributed by atoms with Gasteiger partial charge in [-0.3, -0.25) is 4.68 Å². The van der Waals surface area contributed by atoms with E-state index in [2.05, 4.69) is 36.0 Å². The Hall–Kier alpha value is -5.21. The van der Waals surface area contributed by atoms with E-state index in [0.29, 0.717) is 35.2 Å². The molecule has 3 aromatic heterocycles. The fourth-order valence-corrected chi connectivity index (χ4v) is 4.54. The van der Waals surface area contributed by atoms with Crippen LogP contribution < -0.4 is 30.2 Å². The predicted octanol–water partition coefficient (Wildman–Crippen LogP) is 6.36. The maximum atomic E-state index is 13.7. The molecule has 0 saturated carbocycles. The Morgan fingerprint density at radius 2 is 1.64 bits per heavy atom. The zero-order valence-electron chi connectivity index (χ0n) is 27.6. The number of pyridine rings is 1. The van der Waals surface area contributed by atoms with E-state index in [1.807, 2.05) is 19.9 Å². The molecule has 3 N–H and O–H groups in total. The van der Waals surface area contributed by atoms with Crippen molar-refractivity contribution >= 4 is 23.5 Å². The number of halogens is 2. The largest absolute Gasteiger partial charge is 0.497 e. The quantitative estimate of drug-likeness (QED) is 0.148. The molecule has 0 radical (unpaired) electrons. The van der Waals surface area contributed by atoms with Gasteiger partial charge in [0.05, 0.1) is 39.6 Å². The minimum atomic E-state index is -2.90. The number of methoxy groups -OCH3 is 3. The molecule has 0 aliphatic rings. The maximum Gasteiger partial charge on any atom is 0.408 e. The van der Waals surface area contributed by atoms with Crippen LogP contribution in [0.2, 0.25) is 0 Å². The number of amides is 1. The van der Waals surface area contributed by atoms with E-state index >= 15 is 0 Å². The Morgan fingerprint density at radius 1 is 0.915 bits per heavy atom. The zero-order chi connectivity index (χ0) is 34.4. The number of ether oxygens (including phenoxy) is 4. The Labute approximate surface area is 272 Å². The van der Waals surface area contributed by atoms with Gasteiger partial charge < -0.3 is 34.9 Å². The summed E-state index contributed by atoms with van der Waals surface area (Å²) in [6, 6.07) is 8.44. The monoisotopic (exact) mass is 654 g/mol. The van der Waals surface area contributed by atoms with Crippen LogP contribution in [-0.2, 0) is 17.8 Å². The van der Waals surface area contributed by atoms with Gasteiger partial charge in [-0.15, -0.1) is 0 Å². The van der Waals surface area contributed by atoms with Crippen molar-refractivity contribution in [3.8, 4) is 28.4 Å². The third kappa shape index (κ3) is 9.64. The molecule has 3 heterocycles. The number of nitrogens with one attached hydrogen (secondary N) is 3. The van der Waals surface area contributed by atoms with Crippen molar-refractivity contribution < 1.29 is 32.5 Å². The van der Waals surface area contributed by atoms with Crippen molar-refractivity contribution in [2.24, 2.45) is 0 Å². The lowest BCUT2D eigenvalue weighted by molar-refractivity contribution is 0.0461. The van der Waals surface area contributed by atoms with Crippen molar-refractivity contribution in [1.29, 1.82) is 0 Å². The topological polar surface area (TPSA) is 147 Å². The minimum Gasteiger partial charge on any atom is -0.497 e. The number of carbonyl (C=O) groups excluding carboxylic acids is 1. The molecule has 0 aliphatic carbocycles. The fraction of sp³-hybridized carbons (Fsp3) is 0.406. The van der Waals surface area contributed by atoms with Crippen LogP contribution in [0.5, 0.6) is 17.2 Å². The Bertz CT molecular complexity index is 1690. The number of nitrogens with zero attached hydrogens (tertiary/aromatic N) is 5. The number of hydrogen-bond acceptors (Lipinski definition) is 11. The van der Waals surface area contributed by atoms with Crippen LogP contribution in [0.1, 0.15) is 52.4 Å². The normalized spacial score (nSPS) is 11.6. The van der Waals surface area contributed by atoms with Gasteiger partial charge in [-0.2, -0.15) is 5.10 Å². The Kier molecular flexibility index (Phi) is 10.7. The third-order valence-corrected chi connectivity index (χ3v) is 6.58. The number of alkyl carbamates (subject to hydrolysis) is 1. The smallest absolute Gasteiger partial charge is 0.408 e. The molecular formula is C32H40F2N8O5. The van der Waals surface area contributed by atoms with Gasteiger partial charge in [0.1, 0.15) is 40.3 Å². The highest BCUT2D eigenvalue weighted by Gasteiger charge is 2.26. The lowest BCUT2D eigenvalue weighted by atomic mass is 10.1. The summed E-state index contributed by atoms with van der Waals surface area (Å²) in [4.78, 5) is 24.7. The SMILES string of the molecule is COc1ccc(CNc2cc(Nc3cc(OC)c(-c4cnn(CC(C)(C)NC(=O)OC(C)(C)C)c4)cn3)nc(C(F)F)n2)c(OC)c1. The van der Waals surface area contributed by atoms with Crippen LogP contribution >= 0.6 is 0 Å². The fourth-order valence-electron chi connectivity index (χ4n) is 4.54. The molecule has 0 spiro atoms. The van der Waals surface area contributed by atoms with E-state index in [1.165, 1.54) is 20.3 Å². The first-order chi connectivity index (χ1) is 22.2.